The number of carbonyl (C=O) groups excluding carboxylic acids is 1. The zero-order chi connectivity index (χ0) is 22.3. The molecule has 0 unspecified atom stereocenters. The van der Waals surface area contributed by atoms with E-state index in [-0.39, 0.29) is 22.7 Å². The molecule has 0 saturated carbocycles. The Labute approximate surface area is 182 Å². The molecule has 1 amide bonds. The van der Waals surface area contributed by atoms with Gasteiger partial charge < -0.3 is 9.80 Å². The summed E-state index contributed by atoms with van der Waals surface area (Å²) in [5.41, 5.74) is 1.53. The van der Waals surface area contributed by atoms with E-state index in [2.05, 4.69) is 4.98 Å². The van der Waals surface area contributed by atoms with Gasteiger partial charge in [-0.2, -0.15) is 13.2 Å². The van der Waals surface area contributed by atoms with E-state index < -0.39 is 11.7 Å². The van der Waals surface area contributed by atoms with Gasteiger partial charge in [0.2, 0.25) is 5.91 Å². The van der Waals surface area contributed by atoms with Gasteiger partial charge >= 0.3 is 6.18 Å². The van der Waals surface area contributed by atoms with Crippen LogP contribution in [-0.2, 0) is 17.4 Å². The normalized spacial score (nSPS) is 17.6. The Morgan fingerprint density at radius 1 is 1.16 bits per heavy atom. The zero-order valence-electron chi connectivity index (χ0n) is 17.0. The molecule has 1 aromatic heterocycles. The fourth-order valence-corrected chi connectivity index (χ4v) is 4.80. The minimum Gasteiger partial charge on any atom is -0.355 e. The lowest BCUT2D eigenvalue weighted by atomic mass is 9.92. The SMILES string of the molecule is Cc1cc(F)cc2c1N(C(=O)C1CCN(c3ncc(C(F)(F)F)cc3Cl)CC1)CCC2. The molecule has 0 bridgehead atoms. The van der Waals surface area contributed by atoms with Crippen molar-refractivity contribution in [2.45, 2.75) is 38.8 Å². The minimum atomic E-state index is -4.50. The number of alkyl halides is 3. The summed E-state index contributed by atoms with van der Waals surface area (Å²) < 4.78 is 52.3. The highest BCUT2D eigenvalue weighted by Crippen LogP contribution is 2.36. The molecule has 2 aliphatic heterocycles. The van der Waals surface area contributed by atoms with Crippen LogP contribution in [0.25, 0.3) is 0 Å². The van der Waals surface area contributed by atoms with E-state index in [1.54, 1.807) is 4.90 Å². The van der Waals surface area contributed by atoms with Crippen molar-refractivity contribution >= 4 is 29.0 Å². The van der Waals surface area contributed by atoms with Gasteiger partial charge in [0.15, 0.2) is 0 Å². The summed E-state index contributed by atoms with van der Waals surface area (Å²) in [5.74, 6) is -0.184. The first-order chi connectivity index (χ1) is 14.6. The number of aromatic nitrogens is 1. The number of hydrogen-bond donors (Lipinski definition) is 0. The van der Waals surface area contributed by atoms with Gasteiger partial charge in [-0.25, -0.2) is 9.37 Å². The summed E-state index contributed by atoms with van der Waals surface area (Å²) in [6, 6.07) is 3.83. The molecule has 9 heteroatoms. The van der Waals surface area contributed by atoms with Gasteiger partial charge in [-0.15, -0.1) is 0 Å². The summed E-state index contributed by atoms with van der Waals surface area (Å²) in [6.45, 7) is 3.36. The standard InChI is InChI=1S/C22H22ClF4N3O/c1-13-9-17(24)10-15-3-2-6-30(19(13)15)21(31)14-4-7-29(8-5-14)20-18(23)11-16(12-28-20)22(25,26)27/h9-12,14H,2-8H2,1H3. The summed E-state index contributed by atoms with van der Waals surface area (Å²) in [7, 11) is 0. The van der Waals surface area contributed by atoms with Crippen molar-refractivity contribution in [1.82, 2.24) is 4.98 Å². The second-order valence-corrected chi connectivity index (χ2v) is 8.52. The molecule has 2 aliphatic rings. The Balaban J connectivity index is 1.46. The predicted molar refractivity (Wildman–Crippen MR) is 111 cm³/mol. The van der Waals surface area contributed by atoms with E-state index in [0.717, 1.165) is 41.9 Å². The number of piperidine rings is 1. The van der Waals surface area contributed by atoms with Crippen molar-refractivity contribution < 1.29 is 22.4 Å². The highest BCUT2D eigenvalue weighted by molar-refractivity contribution is 6.33. The van der Waals surface area contributed by atoms with Crippen molar-refractivity contribution in [3.8, 4) is 0 Å². The highest BCUT2D eigenvalue weighted by Gasteiger charge is 2.35. The molecular formula is C22H22ClF4N3O. The number of aryl methyl sites for hydroxylation is 2. The molecule has 31 heavy (non-hydrogen) atoms. The highest BCUT2D eigenvalue weighted by atomic mass is 35.5. The van der Waals surface area contributed by atoms with Gasteiger partial charge in [0, 0.05) is 37.4 Å². The number of halogens is 5. The molecule has 0 spiro atoms. The summed E-state index contributed by atoms with van der Waals surface area (Å²) >= 11 is 6.07. The average molecular weight is 456 g/mol. The predicted octanol–water partition coefficient (Wildman–Crippen LogP) is 5.40. The molecule has 0 radical (unpaired) electrons. The number of rotatable bonds is 2. The summed E-state index contributed by atoms with van der Waals surface area (Å²) in [4.78, 5) is 20.8. The maximum atomic E-state index is 13.8. The van der Waals surface area contributed by atoms with E-state index in [1.807, 2.05) is 11.8 Å². The first kappa shape index (κ1) is 21.9. The molecule has 0 N–H and O–H groups in total. The largest absolute Gasteiger partial charge is 0.417 e. The average Bonchev–Trinajstić information content (AvgIpc) is 2.72. The van der Waals surface area contributed by atoms with E-state index in [1.165, 1.54) is 12.1 Å². The number of pyridine rings is 1. The molecule has 4 nitrogen and oxygen atoms in total. The first-order valence-corrected chi connectivity index (χ1v) is 10.6. The number of carbonyl (C=O) groups is 1. The fourth-order valence-electron chi connectivity index (χ4n) is 4.52. The number of fused-ring (bicyclic) bond motifs is 1. The van der Waals surface area contributed by atoms with Crippen LogP contribution in [0.1, 0.15) is 36.0 Å². The van der Waals surface area contributed by atoms with Crippen molar-refractivity contribution in [2.24, 2.45) is 5.92 Å². The van der Waals surface area contributed by atoms with Gasteiger partial charge in [-0.05, 0) is 61.9 Å². The molecule has 1 fully saturated rings. The van der Waals surface area contributed by atoms with Crippen LogP contribution in [0.3, 0.4) is 0 Å². The maximum absolute atomic E-state index is 13.8. The number of anilines is 2. The van der Waals surface area contributed by atoms with Crippen LogP contribution in [-0.4, -0.2) is 30.5 Å². The molecule has 1 saturated heterocycles. The number of nitrogens with zero attached hydrogens (tertiary/aromatic N) is 3. The summed E-state index contributed by atoms with van der Waals surface area (Å²) in [5, 5.41) is -0.0535. The van der Waals surface area contributed by atoms with Crippen molar-refractivity contribution in [2.75, 3.05) is 29.4 Å². The van der Waals surface area contributed by atoms with Crippen LogP contribution in [0.4, 0.5) is 29.1 Å². The third kappa shape index (κ3) is 4.35. The Morgan fingerprint density at radius 2 is 1.87 bits per heavy atom. The van der Waals surface area contributed by atoms with Crippen LogP contribution in [0.15, 0.2) is 24.4 Å². The maximum Gasteiger partial charge on any atom is 0.417 e. The van der Waals surface area contributed by atoms with Crippen molar-refractivity contribution in [3.05, 3.63) is 51.9 Å². The number of benzene rings is 1. The second kappa shape index (κ2) is 8.30. The second-order valence-electron chi connectivity index (χ2n) is 8.11. The molecular weight excluding hydrogens is 434 g/mol. The molecule has 3 heterocycles. The Kier molecular flexibility index (Phi) is 5.85. The number of amides is 1. The van der Waals surface area contributed by atoms with Crippen molar-refractivity contribution in [1.29, 1.82) is 0 Å². The number of hydrogen-bond acceptors (Lipinski definition) is 3. The van der Waals surface area contributed by atoms with Crippen molar-refractivity contribution in [3.63, 3.8) is 0 Å². The van der Waals surface area contributed by atoms with Gasteiger partial charge in [0.25, 0.3) is 0 Å². The van der Waals surface area contributed by atoms with Gasteiger partial charge in [-0.3, -0.25) is 4.79 Å². The van der Waals surface area contributed by atoms with E-state index in [4.69, 9.17) is 11.6 Å². The Morgan fingerprint density at radius 3 is 2.52 bits per heavy atom. The van der Waals surface area contributed by atoms with Crippen LogP contribution in [0.2, 0.25) is 5.02 Å². The lowest BCUT2D eigenvalue weighted by molar-refractivity contribution is -0.137. The lowest BCUT2D eigenvalue weighted by Gasteiger charge is -2.37. The monoisotopic (exact) mass is 455 g/mol. The zero-order valence-corrected chi connectivity index (χ0v) is 17.7. The van der Waals surface area contributed by atoms with Crippen LogP contribution in [0.5, 0.6) is 0 Å². The fraction of sp³-hybridized carbons (Fsp3) is 0.455. The molecule has 2 aromatic rings. The molecule has 1 aromatic carbocycles. The minimum absolute atomic E-state index is 0.0155. The quantitative estimate of drug-likeness (QED) is 0.569. The third-order valence-corrected chi connectivity index (χ3v) is 6.28. The smallest absolute Gasteiger partial charge is 0.355 e. The van der Waals surface area contributed by atoms with E-state index in [0.29, 0.717) is 38.3 Å². The molecule has 0 aliphatic carbocycles. The van der Waals surface area contributed by atoms with Crippen LogP contribution >= 0.6 is 11.6 Å². The topological polar surface area (TPSA) is 36.4 Å². The third-order valence-electron chi connectivity index (χ3n) is 6.00. The van der Waals surface area contributed by atoms with Gasteiger partial charge in [0.1, 0.15) is 11.6 Å². The summed E-state index contributed by atoms with van der Waals surface area (Å²) in [6.07, 6.45) is -1.10. The molecule has 166 valence electrons. The lowest BCUT2D eigenvalue weighted by Crippen LogP contribution is -2.45. The Hall–Kier alpha value is -2.35. The van der Waals surface area contributed by atoms with Gasteiger partial charge in [-0.1, -0.05) is 11.6 Å². The first-order valence-electron chi connectivity index (χ1n) is 10.2. The van der Waals surface area contributed by atoms with E-state index >= 15 is 0 Å². The van der Waals surface area contributed by atoms with Gasteiger partial charge in [0.05, 0.1) is 10.6 Å². The molecule has 0 atom stereocenters. The van der Waals surface area contributed by atoms with E-state index in [9.17, 15) is 22.4 Å². The van der Waals surface area contributed by atoms with Crippen LogP contribution < -0.4 is 9.80 Å². The Bertz CT molecular complexity index is 1000. The molecule has 4 rings (SSSR count). The van der Waals surface area contributed by atoms with Crippen LogP contribution in [0, 0.1) is 18.7 Å².